The van der Waals surface area contributed by atoms with Crippen LogP contribution in [0.15, 0.2) is 36.5 Å². The van der Waals surface area contributed by atoms with Crippen LogP contribution < -0.4 is 4.74 Å². The average Bonchev–Trinajstić information content (AvgIpc) is 2.71. The molecule has 2 saturated carbocycles. The number of benzene rings is 1. The first-order chi connectivity index (χ1) is 12.8. The van der Waals surface area contributed by atoms with Gasteiger partial charge >= 0.3 is 0 Å². The molecule has 2 nitrogen and oxygen atoms in total. The molecule has 0 aliphatic heterocycles. The Hall–Kier alpha value is -1.54. The lowest BCUT2D eigenvalue weighted by atomic mass is 9.84. The van der Waals surface area contributed by atoms with Crippen LogP contribution in [0.3, 0.4) is 0 Å². The number of rotatable bonds is 4. The Kier molecular flexibility index (Phi) is 5.79. The van der Waals surface area contributed by atoms with Crippen molar-refractivity contribution in [2.24, 2.45) is 0 Å². The molecule has 2 fully saturated rings. The van der Waals surface area contributed by atoms with Gasteiger partial charge in [0.15, 0.2) is 0 Å². The third kappa shape index (κ3) is 4.23. The molecule has 1 aromatic carbocycles. The van der Waals surface area contributed by atoms with Gasteiger partial charge in [0.25, 0.3) is 0 Å². The van der Waals surface area contributed by atoms with Gasteiger partial charge in [-0.3, -0.25) is 0 Å². The van der Waals surface area contributed by atoms with Crippen molar-refractivity contribution in [1.82, 2.24) is 4.98 Å². The molecule has 3 heteroatoms. The average molecular weight is 369 g/mol. The summed E-state index contributed by atoms with van der Waals surface area (Å²) in [5.74, 6) is 3.68. The predicted octanol–water partition coefficient (Wildman–Crippen LogP) is 7.46. The molecule has 0 bridgehead atoms. The van der Waals surface area contributed by atoms with E-state index in [0.717, 1.165) is 10.8 Å². The van der Waals surface area contributed by atoms with Crippen LogP contribution in [0.5, 0.6) is 11.6 Å². The van der Waals surface area contributed by atoms with E-state index in [0.29, 0.717) is 11.8 Å². The van der Waals surface area contributed by atoms with E-state index in [9.17, 15) is 0 Å². The fourth-order valence-corrected chi connectivity index (χ4v) is 4.56. The number of pyridine rings is 1. The van der Waals surface area contributed by atoms with E-state index in [1.807, 2.05) is 24.4 Å². The van der Waals surface area contributed by atoms with Crippen molar-refractivity contribution in [1.29, 1.82) is 0 Å². The summed E-state index contributed by atoms with van der Waals surface area (Å²) in [5, 5.41) is 0.787. The minimum atomic E-state index is 0.550. The molecule has 0 saturated heterocycles. The number of nitrogens with zero attached hydrogens (tertiary/aromatic N) is 1. The van der Waals surface area contributed by atoms with Gasteiger partial charge < -0.3 is 4.74 Å². The topological polar surface area (TPSA) is 22.1 Å². The van der Waals surface area contributed by atoms with Gasteiger partial charge in [0, 0.05) is 23.2 Å². The second kappa shape index (κ2) is 8.43. The van der Waals surface area contributed by atoms with E-state index in [4.69, 9.17) is 16.3 Å². The maximum atomic E-state index is 6.27. The third-order valence-electron chi connectivity index (χ3n) is 5.83. The summed E-state index contributed by atoms with van der Waals surface area (Å²) in [6, 6.07) is 10.2. The van der Waals surface area contributed by atoms with Crippen molar-refractivity contribution >= 4 is 11.6 Å². The normalized spacial score (nSPS) is 19.4. The van der Waals surface area contributed by atoms with Crippen LogP contribution in [0.1, 0.15) is 81.3 Å². The van der Waals surface area contributed by atoms with Gasteiger partial charge in [0.2, 0.25) is 5.88 Å². The SMILES string of the molecule is Clc1ccc(Oc2ccc([C]3CCCCC3)cn2)c(C2CCCCC2)c1. The van der Waals surface area contributed by atoms with E-state index >= 15 is 0 Å². The van der Waals surface area contributed by atoms with Crippen LogP contribution >= 0.6 is 11.6 Å². The molecule has 1 radical (unpaired) electrons. The Labute approximate surface area is 161 Å². The first-order valence-corrected chi connectivity index (χ1v) is 10.5. The fraction of sp³-hybridized carbons (Fsp3) is 0.478. The monoisotopic (exact) mass is 368 g/mol. The lowest BCUT2D eigenvalue weighted by molar-refractivity contribution is 0.413. The number of halogens is 1. The Morgan fingerprint density at radius 1 is 0.885 bits per heavy atom. The molecule has 137 valence electrons. The van der Waals surface area contributed by atoms with E-state index in [-0.39, 0.29) is 0 Å². The molecule has 0 unspecified atom stereocenters. The molecule has 26 heavy (non-hydrogen) atoms. The highest BCUT2D eigenvalue weighted by Crippen LogP contribution is 2.40. The fourth-order valence-electron chi connectivity index (χ4n) is 4.37. The number of ether oxygens (including phenoxy) is 1. The Balaban J connectivity index is 1.51. The van der Waals surface area contributed by atoms with Gasteiger partial charge in [0.05, 0.1) is 0 Å². The van der Waals surface area contributed by atoms with Crippen molar-refractivity contribution in [2.45, 2.75) is 70.1 Å². The smallest absolute Gasteiger partial charge is 0.219 e. The maximum Gasteiger partial charge on any atom is 0.219 e. The van der Waals surface area contributed by atoms with E-state index in [2.05, 4.69) is 17.1 Å². The standard InChI is InChI=1S/C23H27ClNO/c24-20-12-13-22(21(15-20)18-9-5-2-6-10-18)26-23-14-11-19(16-25-23)17-7-3-1-4-8-17/h11-16,18H,1-10H2. The lowest BCUT2D eigenvalue weighted by Crippen LogP contribution is -2.07. The predicted molar refractivity (Wildman–Crippen MR) is 107 cm³/mol. The molecule has 2 aromatic rings. The van der Waals surface area contributed by atoms with E-state index in [1.54, 1.807) is 5.92 Å². The summed E-state index contributed by atoms with van der Waals surface area (Å²) in [7, 11) is 0. The summed E-state index contributed by atoms with van der Waals surface area (Å²) in [6.45, 7) is 0. The molecule has 0 N–H and O–H groups in total. The molecule has 0 amide bonds. The highest BCUT2D eigenvalue weighted by molar-refractivity contribution is 6.30. The zero-order chi connectivity index (χ0) is 17.8. The quantitative estimate of drug-likeness (QED) is 0.558. The van der Waals surface area contributed by atoms with Crippen LogP contribution in [0.25, 0.3) is 0 Å². The van der Waals surface area contributed by atoms with Crippen molar-refractivity contribution in [3.05, 3.63) is 58.6 Å². The third-order valence-corrected chi connectivity index (χ3v) is 6.07. The molecule has 2 aliphatic carbocycles. The van der Waals surface area contributed by atoms with Crippen molar-refractivity contribution in [2.75, 3.05) is 0 Å². The molecule has 0 spiro atoms. The Bertz CT molecular complexity index is 715. The zero-order valence-corrected chi connectivity index (χ0v) is 16.1. The summed E-state index contributed by atoms with van der Waals surface area (Å²) < 4.78 is 6.18. The van der Waals surface area contributed by atoms with Crippen LogP contribution in [0.2, 0.25) is 5.02 Å². The molecule has 1 heterocycles. The summed E-state index contributed by atoms with van der Waals surface area (Å²) in [4.78, 5) is 4.58. The van der Waals surface area contributed by atoms with Crippen LogP contribution in [-0.2, 0) is 0 Å². The van der Waals surface area contributed by atoms with Gasteiger partial charge in [-0.15, -0.1) is 0 Å². The summed E-state index contributed by atoms with van der Waals surface area (Å²) in [6.07, 6.45) is 14.8. The number of hydrogen-bond donors (Lipinski definition) is 0. The van der Waals surface area contributed by atoms with Crippen molar-refractivity contribution < 1.29 is 4.74 Å². The largest absolute Gasteiger partial charge is 0.439 e. The first kappa shape index (κ1) is 17.9. The van der Waals surface area contributed by atoms with Gasteiger partial charge in [-0.25, -0.2) is 4.98 Å². The zero-order valence-electron chi connectivity index (χ0n) is 15.3. The molecule has 4 rings (SSSR count). The number of aromatic nitrogens is 1. The van der Waals surface area contributed by atoms with Crippen molar-refractivity contribution in [3.63, 3.8) is 0 Å². The molecule has 0 atom stereocenters. The molecular weight excluding hydrogens is 342 g/mol. The van der Waals surface area contributed by atoms with Gasteiger partial charge in [-0.2, -0.15) is 0 Å². The molecule has 2 aliphatic rings. The van der Waals surface area contributed by atoms with Gasteiger partial charge in [-0.1, -0.05) is 56.2 Å². The van der Waals surface area contributed by atoms with Crippen LogP contribution in [0, 0.1) is 5.92 Å². The Morgan fingerprint density at radius 3 is 2.38 bits per heavy atom. The Morgan fingerprint density at radius 2 is 1.65 bits per heavy atom. The highest BCUT2D eigenvalue weighted by atomic mass is 35.5. The minimum Gasteiger partial charge on any atom is -0.439 e. The molecular formula is C23H27ClNO. The summed E-state index contributed by atoms with van der Waals surface area (Å²) >= 11 is 6.27. The van der Waals surface area contributed by atoms with Gasteiger partial charge in [0.1, 0.15) is 5.75 Å². The van der Waals surface area contributed by atoms with Crippen molar-refractivity contribution in [3.8, 4) is 11.6 Å². The first-order valence-electron chi connectivity index (χ1n) is 10.1. The summed E-state index contributed by atoms with van der Waals surface area (Å²) in [5.41, 5.74) is 2.52. The highest BCUT2D eigenvalue weighted by Gasteiger charge is 2.21. The maximum absolute atomic E-state index is 6.27. The lowest BCUT2D eigenvalue weighted by Gasteiger charge is -2.24. The van der Waals surface area contributed by atoms with Crippen LogP contribution in [0.4, 0.5) is 0 Å². The second-order valence-corrected chi connectivity index (χ2v) is 8.10. The minimum absolute atomic E-state index is 0.550. The van der Waals surface area contributed by atoms with Crippen LogP contribution in [-0.4, -0.2) is 4.98 Å². The van der Waals surface area contributed by atoms with E-state index in [1.165, 1.54) is 75.3 Å². The molecule has 1 aromatic heterocycles. The van der Waals surface area contributed by atoms with E-state index < -0.39 is 0 Å². The second-order valence-electron chi connectivity index (χ2n) is 7.67. The number of hydrogen-bond acceptors (Lipinski definition) is 2. The van der Waals surface area contributed by atoms with Gasteiger partial charge in [-0.05, 0) is 60.9 Å².